The zero-order valence-electron chi connectivity index (χ0n) is 15.0. The Kier molecular flexibility index (Phi) is 12.7. The minimum absolute atomic E-state index is 0. The van der Waals surface area contributed by atoms with Crippen molar-refractivity contribution in [3.63, 3.8) is 0 Å². The van der Waals surface area contributed by atoms with E-state index in [4.69, 9.17) is 5.73 Å². The van der Waals surface area contributed by atoms with Crippen LogP contribution in [0.15, 0.2) is 54.6 Å². The van der Waals surface area contributed by atoms with Gasteiger partial charge in [-0.15, -0.1) is 45.3 Å². The first-order chi connectivity index (χ1) is 10.2. The molecule has 4 heteroatoms. The van der Waals surface area contributed by atoms with Crippen LogP contribution < -0.4 is 24.8 Å². The SMILES string of the molecule is CC(C)(C)[NH-].C[C](C)=[Ti+2].[Cl-].[Cl-].c1ccc2c(c1)[cH-]c1ccccc12. The molecule has 0 aliphatic rings. The van der Waals surface area contributed by atoms with Crippen molar-refractivity contribution in [2.24, 2.45) is 0 Å². The first-order valence-corrected chi connectivity index (χ1v) is 8.26. The van der Waals surface area contributed by atoms with Gasteiger partial charge >= 0.3 is 37.6 Å². The second-order valence-corrected chi connectivity index (χ2v) is 8.13. The summed E-state index contributed by atoms with van der Waals surface area (Å²) >= 11 is 2.08. The molecule has 0 fully saturated rings. The number of nitrogens with one attached hydrogen (secondary N) is 1. The second-order valence-electron chi connectivity index (χ2n) is 6.57. The van der Waals surface area contributed by atoms with Crippen LogP contribution in [-0.2, 0) is 20.0 Å². The van der Waals surface area contributed by atoms with E-state index in [-0.39, 0.29) is 30.4 Å². The van der Waals surface area contributed by atoms with Crippen molar-refractivity contribution in [2.45, 2.75) is 40.2 Å². The summed E-state index contributed by atoms with van der Waals surface area (Å²) in [5.74, 6) is 0. The molecule has 0 heterocycles. The summed E-state index contributed by atoms with van der Waals surface area (Å²) in [6.45, 7) is 9.73. The fourth-order valence-corrected chi connectivity index (χ4v) is 1.90. The summed E-state index contributed by atoms with van der Waals surface area (Å²) < 4.78 is 1.42. The van der Waals surface area contributed by atoms with Gasteiger partial charge in [-0.05, 0) is 0 Å². The summed E-state index contributed by atoms with van der Waals surface area (Å²) in [5, 5.41) is 5.39. The van der Waals surface area contributed by atoms with Crippen LogP contribution in [0.1, 0.15) is 34.6 Å². The molecule has 0 aliphatic heterocycles. The molecule has 24 heavy (non-hydrogen) atoms. The smallest absolute Gasteiger partial charge is 0.0771 e. The number of benzene rings is 2. The molecule has 3 aromatic carbocycles. The van der Waals surface area contributed by atoms with E-state index in [0.717, 1.165) is 0 Å². The van der Waals surface area contributed by atoms with E-state index in [1.807, 2.05) is 20.8 Å². The fraction of sp³-hybridized carbons (Fsp3) is 0.300. The molecule has 0 radical (unpaired) electrons. The Bertz CT molecular complexity index is 682. The van der Waals surface area contributed by atoms with Gasteiger partial charge in [-0.1, -0.05) is 57.2 Å². The standard InChI is InChI=1S/C13H9.C4H10N.C3H6.2ClH.Ti/c1-3-7-12-10(5-1)9-11-6-2-4-8-13(11)12;1-4(2,3)5;1-3-2;;;/h1-9H;5H,1-3H3;1-2H3;2*1H;/q2*-1;;;;+2/p-2. The first-order valence-electron chi connectivity index (χ1n) is 7.48. The van der Waals surface area contributed by atoms with Crippen LogP contribution in [0.25, 0.3) is 27.3 Å². The molecule has 0 saturated carbocycles. The maximum Gasteiger partial charge on any atom is -0.0771 e. The van der Waals surface area contributed by atoms with Crippen LogP contribution in [0.3, 0.4) is 0 Å². The molecule has 3 rings (SSSR count). The molecular formula is C20H25Cl2NTi-2. The maximum atomic E-state index is 6.94. The van der Waals surface area contributed by atoms with Gasteiger partial charge in [0.15, 0.2) is 0 Å². The molecule has 0 aromatic heterocycles. The molecule has 130 valence electrons. The topological polar surface area (TPSA) is 23.8 Å². The van der Waals surface area contributed by atoms with E-state index in [1.165, 1.54) is 25.4 Å². The van der Waals surface area contributed by atoms with Crippen LogP contribution in [0.4, 0.5) is 0 Å². The van der Waals surface area contributed by atoms with Crippen molar-refractivity contribution < 1.29 is 44.8 Å². The third-order valence-corrected chi connectivity index (χ3v) is 2.52. The number of hydrogen-bond donors (Lipinski definition) is 0. The Balaban J connectivity index is 0. The number of fused-ring (bicyclic) bond motifs is 3. The van der Waals surface area contributed by atoms with Gasteiger partial charge < -0.3 is 30.5 Å². The second kappa shape index (κ2) is 11.9. The molecule has 0 atom stereocenters. The van der Waals surface area contributed by atoms with Crippen LogP contribution >= 0.6 is 0 Å². The summed E-state index contributed by atoms with van der Waals surface area (Å²) in [5.41, 5.74) is 6.69. The van der Waals surface area contributed by atoms with E-state index in [1.54, 1.807) is 0 Å². The van der Waals surface area contributed by atoms with Gasteiger partial charge in [-0.25, -0.2) is 0 Å². The van der Waals surface area contributed by atoms with Crippen molar-refractivity contribution in [3.05, 3.63) is 60.3 Å². The monoisotopic (exact) mass is 397 g/mol. The van der Waals surface area contributed by atoms with Gasteiger partial charge in [-0.3, -0.25) is 0 Å². The molecule has 0 unspecified atom stereocenters. The molecular weight excluding hydrogens is 373 g/mol. The van der Waals surface area contributed by atoms with E-state index >= 15 is 0 Å². The van der Waals surface area contributed by atoms with Crippen molar-refractivity contribution >= 4 is 25.4 Å². The maximum absolute atomic E-state index is 6.94. The summed E-state index contributed by atoms with van der Waals surface area (Å²) in [6.07, 6.45) is 0. The minimum Gasteiger partial charge on any atom is -1.00 e. The molecule has 1 nitrogen and oxygen atoms in total. The van der Waals surface area contributed by atoms with E-state index in [0.29, 0.717) is 0 Å². The quantitative estimate of drug-likeness (QED) is 0.385. The van der Waals surface area contributed by atoms with Gasteiger partial charge in [0.05, 0.1) is 0 Å². The molecule has 0 bridgehead atoms. The van der Waals surface area contributed by atoms with Crippen LogP contribution in [0.5, 0.6) is 0 Å². The van der Waals surface area contributed by atoms with Crippen LogP contribution in [0, 0.1) is 0 Å². The van der Waals surface area contributed by atoms with E-state index in [9.17, 15) is 0 Å². The van der Waals surface area contributed by atoms with E-state index < -0.39 is 0 Å². The molecule has 1 N–H and O–H groups in total. The average Bonchev–Trinajstić information content (AvgIpc) is 2.74. The van der Waals surface area contributed by atoms with Gasteiger partial charge in [-0.2, -0.15) is 0 Å². The number of rotatable bonds is 0. The molecule has 0 amide bonds. The normalized spacial score (nSPS) is 9.67. The Morgan fingerprint density at radius 3 is 1.38 bits per heavy atom. The van der Waals surface area contributed by atoms with Crippen LogP contribution in [-0.4, -0.2) is 9.35 Å². The third kappa shape index (κ3) is 10.3. The van der Waals surface area contributed by atoms with Gasteiger partial charge in [0, 0.05) is 0 Å². The Morgan fingerprint density at radius 1 is 0.833 bits per heavy atom. The molecule has 0 spiro atoms. The van der Waals surface area contributed by atoms with Crippen molar-refractivity contribution in [1.82, 2.24) is 0 Å². The van der Waals surface area contributed by atoms with Crippen molar-refractivity contribution in [1.29, 1.82) is 0 Å². The predicted octanol–water partition coefficient (Wildman–Crippen LogP) is 0.302. The Labute approximate surface area is 170 Å². The molecule has 3 aromatic rings. The average molecular weight is 398 g/mol. The van der Waals surface area contributed by atoms with Gasteiger partial charge in [0.2, 0.25) is 0 Å². The molecule has 0 saturated heterocycles. The zero-order chi connectivity index (χ0) is 16.8. The molecule has 0 aliphatic carbocycles. The third-order valence-electron chi connectivity index (χ3n) is 2.52. The summed E-state index contributed by atoms with van der Waals surface area (Å²) in [4.78, 5) is 0. The zero-order valence-corrected chi connectivity index (χ0v) is 18.0. The minimum atomic E-state index is -0.250. The summed E-state index contributed by atoms with van der Waals surface area (Å²) in [7, 11) is 0. The van der Waals surface area contributed by atoms with E-state index in [2.05, 4.69) is 88.4 Å². The fourth-order valence-electron chi connectivity index (χ4n) is 1.90. The Hall–Kier alpha value is -0.566. The van der Waals surface area contributed by atoms with Crippen molar-refractivity contribution in [3.8, 4) is 0 Å². The number of hydrogen-bond acceptors (Lipinski definition) is 0. The first kappa shape index (κ1) is 25.7. The predicted molar refractivity (Wildman–Crippen MR) is 97.5 cm³/mol. The Morgan fingerprint density at radius 2 is 1.08 bits per heavy atom. The summed E-state index contributed by atoms with van der Waals surface area (Å²) in [6, 6.07) is 19.3. The largest absolute Gasteiger partial charge is 1.00 e. The number of halogens is 2. The van der Waals surface area contributed by atoms with Crippen molar-refractivity contribution in [2.75, 3.05) is 0 Å². The van der Waals surface area contributed by atoms with Gasteiger partial charge in [0.25, 0.3) is 0 Å². The van der Waals surface area contributed by atoms with Crippen LogP contribution in [0.2, 0.25) is 0 Å². The van der Waals surface area contributed by atoms with Gasteiger partial charge in [0.1, 0.15) is 0 Å².